The van der Waals surface area contributed by atoms with Crippen molar-refractivity contribution in [1.82, 2.24) is 0 Å². The van der Waals surface area contributed by atoms with Crippen LogP contribution in [0.25, 0.3) is 0 Å². The summed E-state index contributed by atoms with van der Waals surface area (Å²) in [7, 11) is -4.01. The van der Waals surface area contributed by atoms with E-state index in [2.05, 4.69) is 6.92 Å². The number of phosphoric ester groups is 1. The summed E-state index contributed by atoms with van der Waals surface area (Å²) in [4.78, 5) is 9.74. The molecule has 0 saturated heterocycles. The third-order valence-electron chi connectivity index (χ3n) is 6.10. The molecular weight excluding hydrogens is 491 g/mol. The third-order valence-corrected chi connectivity index (χ3v) is 7.11. The van der Waals surface area contributed by atoms with Gasteiger partial charge in [-0.25, -0.2) is 4.57 Å². The van der Waals surface area contributed by atoms with Gasteiger partial charge in [-0.3, -0.25) is 9.05 Å². The molecule has 0 aliphatic heterocycles. The highest BCUT2D eigenvalue weighted by Gasteiger charge is 2.20. The van der Waals surface area contributed by atoms with Crippen molar-refractivity contribution in [1.29, 1.82) is 0 Å². The molecule has 0 saturated carbocycles. The fraction of sp³-hybridized carbons (Fsp3) is 0.793. The molecule has 0 amide bonds. The minimum absolute atomic E-state index is 0.00372. The van der Waals surface area contributed by atoms with Crippen molar-refractivity contribution in [2.24, 2.45) is 0 Å². The summed E-state index contributed by atoms with van der Waals surface area (Å²) >= 11 is 0. The normalized spacial score (nSPS) is 13.0. The van der Waals surface area contributed by atoms with Crippen molar-refractivity contribution in [3.8, 4) is 5.75 Å². The Morgan fingerprint density at radius 1 is 0.568 bits per heavy atom. The van der Waals surface area contributed by atoms with E-state index >= 15 is 0 Å². The highest BCUT2D eigenvalue weighted by Crippen LogP contribution is 2.43. The molecule has 1 N–H and O–H groups in total. The Morgan fingerprint density at radius 2 is 1.00 bits per heavy atom. The zero-order valence-electron chi connectivity index (χ0n) is 23.3. The van der Waals surface area contributed by atoms with Gasteiger partial charge in [0.25, 0.3) is 0 Å². The van der Waals surface area contributed by atoms with Crippen molar-refractivity contribution in [2.75, 3.05) is 46.2 Å². The number of phosphoric acid groups is 1. The Labute approximate surface area is 226 Å². The third kappa shape index (κ3) is 23.9. The average molecular weight is 545 g/mol. The number of ether oxygens (including phenoxy) is 3. The summed E-state index contributed by atoms with van der Waals surface area (Å²) in [6.45, 7) is 4.45. The number of rotatable bonds is 28. The van der Waals surface area contributed by atoms with E-state index in [1.165, 1.54) is 77.0 Å². The topological polar surface area (TPSA) is 83.5 Å². The van der Waals surface area contributed by atoms with Crippen LogP contribution in [0.4, 0.5) is 0 Å². The quantitative estimate of drug-likeness (QED) is 0.0843. The van der Waals surface area contributed by atoms with Gasteiger partial charge >= 0.3 is 7.82 Å². The first-order chi connectivity index (χ1) is 18.1. The number of unbranched alkanes of at least 4 members (excludes halogenated alkanes) is 14. The predicted molar refractivity (Wildman–Crippen MR) is 150 cm³/mol. The molecular formula is C29H53O7P. The van der Waals surface area contributed by atoms with E-state index in [1.54, 1.807) is 0 Å². The molecule has 7 nitrogen and oxygen atoms in total. The van der Waals surface area contributed by atoms with Gasteiger partial charge in [-0.2, -0.15) is 0 Å². The number of hydrogen-bond acceptors (Lipinski definition) is 6. The monoisotopic (exact) mass is 544 g/mol. The van der Waals surface area contributed by atoms with Gasteiger partial charge in [0.1, 0.15) is 12.4 Å². The number of hydrogen-bond donors (Lipinski definition) is 1. The maximum absolute atomic E-state index is 11.9. The molecule has 216 valence electrons. The van der Waals surface area contributed by atoms with Crippen LogP contribution < -0.4 is 4.74 Å². The molecule has 0 aliphatic rings. The largest absolute Gasteiger partial charge is 0.491 e. The van der Waals surface area contributed by atoms with Crippen LogP contribution in [0.2, 0.25) is 0 Å². The second-order valence-corrected chi connectivity index (χ2v) is 10.9. The van der Waals surface area contributed by atoms with Crippen LogP contribution in [0.15, 0.2) is 30.3 Å². The average Bonchev–Trinajstić information content (AvgIpc) is 2.90. The van der Waals surface area contributed by atoms with E-state index in [9.17, 15) is 9.46 Å². The molecule has 0 spiro atoms. The summed E-state index contributed by atoms with van der Waals surface area (Å²) in [5.74, 6) is 0.815. The Kier molecular flexibility index (Phi) is 23.3. The van der Waals surface area contributed by atoms with Gasteiger partial charge in [0.2, 0.25) is 0 Å². The summed E-state index contributed by atoms with van der Waals surface area (Å²) in [5.41, 5.74) is 0. The first kappa shape index (κ1) is 34.1. The molecule has 8 heteroatoms. The van der Waals surface area contributed by atoms with Crippen LogP contribution in [0, 0.1) is 0 Å². The van der Waals surface area contributed by atoms with Gasteiger partial charge in [0.15, 0.2) is 0 Å². The van der Waals surface area contributed by atoms with Crippen molar-refractivity contribution < 1.29 is 32.7 Å². The van der Waals surface area contributed by atoms with Crippen molar-refractivity contribution in [2.45, 2.75) is 103 Å². The molecule has 1 atom stereocenters. The molecule has 37 heavy (non-hydrogen) atoms. The zero-order chi connectivity index (χ0) is 26.7. The SMILES string of the molecule is CCCCCCCCCCCCCCCCCOP(=O)(O)OCCOCCOCCOc1ccccc1. The van der Waals surface area contributed by atoms with E-state index in [-0.39, 0.29) is 19.8 Å². The lowest BCUT2D eigenvalue weighted by atomic mass is 10.0. The lowest BCUT2D eigenvalue weighted by Crippen LogP contribution is -2.12. The molecule has 0 aliphatic carbocycles. The summed E-state index contributed by atoms with van der Waals surface area (Å²) in [6.07, 6.45) is 19.2. The molecule has 1 aromatic carbocycles. The van der Waals surface area contributed by atoms with Crippen LogP contribution in [-0.2, 0) is 23.1 Å². The molecule has 0 fully saturated rings. The molecule has 0 aromatic heterocycles. The summed E-state index contributed by atoms with van der Waals surface area (Å²) in [5, 5.41) is 0. The molecule has 1 aromatic rings. The summed E-state index contributed by atoms with van der Waals surface area (Å²) in [6, 6.07) is 9.57. The van der Waals surface area contributed by atoms with E-state index < -0.39 is 7.82 Å². The Bertz CT molecular complexity index is 644. The predicted octanol–water partition coefficient (Wildman–Crippen LogP) is 8.10. The maximum Gasteiger partial charge on any atom is 0.472 e. The van der Waals surface area contributed by atoms with Crippen molar-refractivity contribution in [3.05, 3.63) is 30.3 Å². The van der Waals surface area contributed by atoms with Crippen LogP contribution >= 0.6 is 7.82 Å². The first-order valence-corrected chi connectivity index (χ1v) is 16.1. The van der Waals surface area contributed by atoms with Crippen LogP contribution in [-0.4, -0.2) is 51.1 Å². The smallest absolute Gasteiger partial charge is 0.472 e. The van der Waals surface area contributed by atoms with Crippen LogP contribution in [0.3, 0.4) is 0 Å². The van der Waals surface area contributed by atoms with E-state index in [4.69, 9.17) is 23.3 Å². The highest BCUT2D eigenvalue weighted by molar-refractivity contribution is 7.47. The number of benzene rings is 1. The van der Waals surface area contributed by atoms with Crippen molar-refractivity contribution >= 4 is 7.82 Å². The van der Waals surface area contributed by atoms with Gasteiger partial charge < -0.3 is 19.1 Å². The Balaban J connectivity index is 1.78. The fourth-order valence-corrected chi connectivity index (χ4v) is 4.70. The zero-order valence-corrected chi connectivity index (χ0v) is 24.2. The molecule has 0 radical (unpaired) electrons. The lowest BCUT2D eigenvalue weighted by Gasteiger charge is -2.12. The van der Waals surface area contributed by atoms with Crippen LogP contribution in [0.1, 0.15) is 103 Å². The summed E-state index contributed by atoms with van der Waals surface area (Å²) < 4.78 is 38.2. The minimum Gasteiger partial charge on any atom is -0.491 e. The second-order valence-electron chi connectivity index (χ2n) is 9.47. The van der Waals surface area contributed by atoms with Crippen LogP contribution in [0.5, 0.6) is 5.75 Å². The Morgan fingerprint density at radius 3 is 1.54 bits per heavy atom. The fourth-order valence-electron chi connectivity index (χ4n) is 3.96. The van der Waals surface area contributed by atoms with Crippen molar-refractivity contribution in [3.63, 3.8) is 0 Å². The van der Waals surface area contributed by atoms with Gasteiger partial charge in [0.05, 0.1) is 39.6 Å². The molecule has 0 bridgehead atoms. The van der Waals surface area contributed by atoms with Gasteiger partial charge in [-0.05, 0) is 18.6 Å². The van der Waals surface area contributed by atoms with E-state index in [0.717, 1.165) is 25.0 Å². The Hall–Kier alpha value is -0.950. The molecule has 1 rings (SSSR count). The maximum atomic E-state index is 11.9. The standard InChI is InChI=1S/C29H53O7P/c1-2-3-4-5-6-7-8-9-10-11-12-13-14-15-19-22-35-37(30,31)36-28-26-33-24-23-32-25-27-34-29-20-17-16-18-21-29/h16-18,20-21H,2-15,19,22-28H2,1H3,(H,30,31). The van der Waals surface area contributed by atoms with Gasteiger partial charge in [0, 0.05) is 0 Å². The lowest BCUT2D eigenvalue weighted by molar-refractivity contribution is 0.0224. The van der Waals surface area contributed by atoms with Gasteiger partial charge in [-0.1, -0.05) is 115 Å². The first-order valence-electron chi connectivity index (χ1n) is 14.6. The number of para-hydroxylation sites is 1. The molecule has 0 heterocycles. The van der Waals surface area contributed by atoms with E-state index in [1.807, 2.05) is 30.3 Å². The highest BCUT2D eigenvalue weighted by atomic mass is 31.2. The second kappa shape index (κ2) is 25.3. The van der Waals surface area contributed by atoms with E-state index in [0.29, 0.717) is 26.4 Å². The molecule has 1 unspecified atom stereocenters. The van der Waals surface area contributed by atoms with Gasteiger partial charge in [-0.15, -0.1) is 0 Å². The minimum atomic E-state index is -4.01.